The fraction of sp³-hybridized carbons (Fsp3) is 0.351. The van der Waals surface area contributed by atoms with Gasteiger partial charge in [-0.05, 0) is 75.2 Å². The number of aryl methyl sites for hydroxylation is 2. The number of ether oxygens (including phenoxy) is 2. The highest BCUT2D eigenvalue weighted by atomic mass is 16.5. The van der Waals surface area contributed by atoms with Crippen LogP contribution < -0.4 is 20.1 Å². The van der Waals surface area contributed by atoms with Gasteiger partial charge in [-0.2, -0.15) is 0 Å². The van der Waals surface area contributed by atoms with Gasteiger partial charge in [0.1, 0.15) is 11.7 Å². The third kappa shape index (κ3) is 7.04. The Morgan fingerprint density at radius 3 is 2.43 bits per heavy atom. The molecular formula is C37H43N5O5. The Balaban J connectivity index is 1.29. The van der Waals surface area contributed by atoms with Crippen molar-refractivity contribution >= 4 is 39.9 Å². The first-order valence-corrected chi connectivity index (χ1v) is 15.9. The Morgan fingerprint density at radius 1 is 0.957 bits per heavy atom. The number of unbranched alkanes of at least 4 members (excludes halogenated alkanes) is 1. The van der Waals surface area contributed by atoms with Gasteiger partial charge in [-0.1, -0.05) is 18.2 Å². The molecule has 0 saturated carbocycles. The van der Waals surface area contributed by atoms with Crippen molar-refractivity contribution in [3.63, 3.8) is 0 Å². The first-order valence-electron chi connectivity index (χ1n) is 15.9. The lowest BCUT2D eigenvalue weighted by atomic mass is 9.97. The third-order valence-corrected chi connectivity index (χ3v) is 8.87. The van der Waals surface area contributed by atoms with E-state index >= 15 is 0 Å². The summed E-state index contributed by atoms with van der Waals surface area (Å²) in [6.45, 7) is 5.93. The number of allylic oxidation sites excluding steroid dienone is 1. The van der Waals surface area contributed by atoms with Crippen LogP contribution in [0.15, 0.2) is 66.5 Å². The van der Waals surface area contributed by atoms with E-state index in [1.807, 2.05) is 61.1 Å². The molecule has 2 N–H and O–H groups in total. The summed E-state index contributed by atoms with van der Waals surface area (Å²) in [5.41, 5.74) is 10.7. The summed E-state index contributed by atoms with van der Waals surface area (Å²) in [6.07, 6.45) is 4.08. The van der Waals surface area contributed by atoms with Gasteiger partial charge in [-0.15, -0.1) is 0 Å². The third-order valence-electron chi connectivity index (χ3n) is 8.87. The molecule has 10 heteroatoms. The predicted molar refractivity (Wildman–Crippen MR) is 185 cm³/mol. The first-order chi connectivity index (χ1) is 22.6. The number of benzene rings is 3. The summed E-state index contributed by atoms with van der Waals surface area (Å²) in [6, 6.07) is 16.3. The number of likely N-dealkylation sites (N-methyl/N-ethyl adjacent to an activating group) is 1. The predicted octanol–water partition coefficient (Wildman–Crippen LogP) is 5.10. The van der Waals surface area contributed by atoms with Crippen molar-refractivity contribution in [2.45, 2.75) is 26.2 Å². The Bertz CT molecular complexity index is 1830. The van der Waals surface area contributed by atoms with Crippen LogP contribution in [0, 0.1) is 6.92 Å². The fourth-order valence-electron chi connectivity index (χ4n) is 6.10. The zero-order chi connectivity index (χ0) is 33.7. The van der Waals surface area contributed by atoms with Crippen LogP contribution in [0.25, 0.3) is 10.9 Å². The molecular weight excluding hydrogens is 594 g/mol. The van der Waals surface area contributed by atoms with Crippen LogP contribution in [-0.2, 0) is 11.8 Å². The SMILES string of the molecule is COc1c(C(=O)c2cccc3ccn(C)c23)ccc(C(=O)N(C)c2ccc(C)cc2OCCCCC(=C=O)N2CCN(C)CC2)c1N. The maximum Gasteiger partial charge on any atom is 0.260 e. The highest BCUT2D eigenvalue weighted by molar-refractivity contribution is 6.19. The van der Waals surface area contributed by atoms with E-state index in [-0.39, 0.29) is 34.3 Å². The molecule has 4 aromatic rings. The number of nitrogens with zero attached hydrogens (tertiary/aromatic N) is 4. The zero-order valence-electron chi connectivity index (χ0n) is 27.8. The minimum Gasteiger partial charge on any atom is -0.494 e. The number of anilines is 2. The molecule has 10 nitrogen and oxygen atoms in total. The lowest BCUT2D eigenvalue weighted by Gasteiger charge is -2.34. The van der Waals surface area contributed by atoms with Gasteiger partial charge in [0, 0.05) is 57.4 Å². The maximum absolute atomic E-state index is 13.9. The molecule has 1 aliphatic rings. The Morgan fingerprint density at radius 2 is 1.70 bits per heavy atom. The zero-order valence-corrected chi connectivity index (χ0v) is 27.8. The second-order valence-corrected chi connectivity index (χ2v) is 12.1. The van der Waals surface area contributed by atoms with Crippen molar-refractivity contribution in [3.05, 3.63) is 88.7 Å². The highest BCUT2D eigenvalue weighted by Crippen LogP contribution is 2.36. The van der Waals surface area contributed by atoms with Gasteiger partial charge in [0.15, 0.2) is 11.5 Å². The minimum atomic E-state index is -0.369. The molecule has 1 fully saturated rings. The van der Waals surface area contributed by atoms with Crippen molar-refractivity contribution in [2.75, 3.05) is 64.6 Å². The van der Waals surface area contributed by atoms with Crippen LogP contribution in [0.1, 0.15) is 51.1 Å². The van der Waals surface area contributed by atoms with Crippen LogP contribution in [0.2, 0.25) is 0 Å². The monoisotopic (exact) mass is 637 g/mol. The molecule has 0 aliphatic carbocycles. The molecule has 1 saturated heterocycles. The quantitative estimate of drug-likeness (QED) is 0.0990. The largest absolute Gasteiger partial charge is 0.494 e. The molecule has 246 valence electrons. The topological polar surface area (TPSA) is 110 Å². The van der Waals surface area contributed by atoms with Gasteiger partial charge in [0.2, 0.25) is 0 Å². The van der Waals surface area contributed by atoms with Crippen molar-refractivity contribution in [1.82, 2.24) is 14.4 Å². The maximum atomic E-state index is 13.9. The highest BCUT2D eigenvalue weighted by Gasteiger charge is 2.26. The van der Waals surface area contributed by atoms with Crippen LogP contribution in [0.5, 0.6) is 11.5 Å². The molecule has 1 amide bonds. The molecule has 0 spiro atoms. The molecule has 0 atom stereocenters. The van der Waals surface area contributed by atoms with Gasteiger partial charge in [0.25, 0.3) is 5.91 Å². The summed E-state index contributed by atoms with van der Waals surface area (Å²) in [4.78, 5) is 45.1. The van der Waals surface area contributed by atoms with Crippen molar-refractivity contribution in [3.8, 4) is 11.5 Å². The molecule has 5 rings (SSSR count). The molecule has 3 aromatic carbocycles. The number of carbonyl (C=O) groups excluding carboxylic acids is 3. The lowest BCUT2D eigenvalue weighted by molar-refractivity contribution is 0.0989. The van der Waals surface area contributed by atoms with Crippen LogP contribution >= 0.6 is 0 Å². The van der Waals surface area contributed by atoms with E-state index in [0.29, 0.717) is 30.0 Å². The number of para-hydroxylation sites is 1. The molecule has 0 unspecified atom stereocenters. The Hall–Kier alpha value is -5.05. The number of nitrogens with two attached hydrogens (primary N) is 1. The summed E-state index contributed by atoms with van der Waals surface area (Å²) in [7, 11) is 7.08. The van der Waals surface area contributed by atoms with E-state index in [2.05, 4.69) is 22.8 Å². The smallest absolute Gasteiger partial charge is 0.260 e. The van der Waals surface area contributed by atoms with E-state index in [1.54, 1.807) is 25.2 Å². The Kier molecular flexibility index (Phi) is 10.3. The molecule has 1 aliphatic heterocycles. The summed E-state index contributed by atoms with van der Waals surface area (Å²) < 4.78 is 13.7. The average molecular weight is 638 g/mol. The van der Waals surface area contributed by atoms with Gasteiger partial charge in [-0.25, -0.2) is 4.79 Å². The first kappa shape index (κ1) is 33.3. The minimum absolute atomic E-state index is 0.0863. The summed E-state index contributed by atoms with van der Waals surface area (Å²) in [5, 5.41) is 0.947. The van der Waals surface area contributed by atoms with Gasteiger partial charge in [-0.3, -0.25) is 9.59 Å². The van der Waals surface area contributed by atoms with Crippen molar-refractivity contribution in [1.29, 1.82) is 0 Å². The number of hydrogen-bond acceptors (Lipinski definition) is 8. The summed E-state index contributed by atoms with van der Waals surface area (Å²) >= 11 is 0. The van der Waals surface area contributed by atoms with E-state index in [0.717, 1.165) is 61.2 Å². The molecule has 47 heavy (non-hydrogen) atoms. The number of methoxy groups -OCH3 is 1. The van der Waals surface area contributed by atoms with Gasteiger partial charge < -0.3 is 34.5 Å². The summed E-state index contributed by atoms with van der Waals surface area (Å²) in [5.74, 6) is 2.25. The van der Waals surface area contributed by atoms with Crippen molar-refractivity contribution in [2.24, 2.45) is 7.05 Å². The van der Waals surface area contributed by atoms with E-state index < -0.39 is 0 Å². The standard InChI is InChI=1S/C37H43N5O5/c1-25-12-15-31(32(23-25)47-22-7-6-10-27(24-43)42-20-18-39(2)19-21-42)41(4)37(45)28-13-14-30(36(46-5)33(28)38)35(44)29-11-8-9-26-16-17-40(3)34(26)29/h8-9,11-17,23H,6-7,10,18-22,38H2,1-5H3. The van der Waals surface area contributed by atoms with Crippen molar-refractivity contribution < 1.29 is 23.9 Å². The number of hydrogen-bond donors (Lipinski definition) is 1. The van der Waals surface area contributed by atoms with E-state index in [1.165, 1.54) is 12.0 Å². The van der Waals surface area contributed by atoms with Gasteiger partial charge >= 0.3 is 0 Å². The van der Waals surface area contributed by atoms with Gasteiger partial charge in [0.05, 0.1) is 47.4 Å². The van der Waals surface area contributed by atoms with Crippen LogP contribution in [0.3, 0.4) is 0 Å². The fourth-order valence-corrected chi connectivity index (χ4v) is 6.10. The molecule has 0 bridgehead atoms. The normalized spacial score (nSPS) is 13.3. The van der Waals surface area contributed by atoms with E-state index in [9.17, 15) is 14.4 Å². The Labute approximate surface area is 275 Å². The molecule has 2 heterocycles. The number of ketones is 1. The number of amides is 1. The lowest BCUT2D eigenvalue weighted by Crippen LogP contribution is -2.44. The number of nitrogen functional groups attached to an aromatic ring is 1. The van der Waals surface area contributed by atoms with Crippen LogP contribution in [-0.4, -0.2) is 86.0 Å². The average Bonchev–Trinajstić information content (AvgIpc) is 3.46. The van der Waals surface area contributed by atoms with Crippen LogP contribution in [0.4, 0.5) is 11.4 Å². The van der Waals surface area contributed by atoms with E-state index in [4.69, 9.17) is 15.2 Å². The second-order valence-electron chi connectivity index (χ2n) is 12.1. The number of rotatable bonds is 12. The second kappa shape index (κ2) is 14.6. The number of fused-ring (bicyclic) bond motifs is 1. The molecule has 0 radical (unpaired) electrons. The molecule has 1 aromatic heterocycles. The number of piperazine rings is 1. The number of carbonyl (C=O) groups is 2. The number of aromatic nitrogens is 1.